The Labute approximate surface area is 88.4 Å². The lowest BCUT2D eigenvalue weighted by Gasteiger charge is -2.28. The summed E-state index contributed by atoms with van der Waals surface area (Å²) < 4.78 is 16.4. The van der Waals surface area contributed by atoms with Crippen LogP contribution >= 0.6 is 0 Å². The molecule has 1 unspecified atom stereocenters. The van der Waals surface area contributed by atoms with Crippen molar-refractivity contribution in [2.24, 2.45) is 5.92 Å². The smallest absolute Gasteiger partial charge is 0.374 e. The molecule has 1 heterocycles. The molecule has 2 rings (SSSR count). The first-order valence-corrected chi connectivity index (χ1v) is 4.84. The van der Waals surface area contributed by atoms with Gasteiger partial charge in [0.2, 0.25) is 5.75 Å². The number of ether oxygens (including phenoxy) is 3. The van der Waals surface area contributed by atoms with E-state index in [0.717, 1.165) is 0 Å². The molecule has 0 bridgehead atoms. The number of aromatic hydroxyl groups is 1. The Morgan fingerprint density at radius 2 is 2.07 bits per heavy atom. The molecule has 0 radical (unpaired) electrons. The number of phenols is 1. The number of methoxy groups -OCH3 is 1. The molecule has 4 heteroatoms. The van der Waals surface area contributed by atoms with Crippen LogP contribution in [0.15, 0.2) is 18.2 Å². The fourth-order valence-electron chi connectivity index (χ4n) is 1.56. The zero-order valence-electron chi connectivity index (χ0n) is 8.98. The molecular weight excluding hydrogens is 196 g/mol. The quantitative estimate of drug-likeness (QED) is 0.812. The van der Waals surface area contributed by atoms with Crippen LogP contribution in [0.3, 0.4) is 0 Å². The third-order valence-corrected chi connectivity index (χ3v) is 2.45. The molecule has 1 N–H and O–H groups in total. The molecule has 0 saturated heterocycles. The number of hydrogen-bond acceptors (Lipinski definition) is 4. The predicted molar refractivity (Wildman–Crippen MR) is 53.9 cm³/mol. The van der Waals surface area contributed by atoms with Gasteiger partial charge < -0.3 is 19.3 Å². The number of para-hydroxylation sites is 1. The lowest BCUT2D eigenvalue weighted by atomic mass is 10.2. The predicted octanol–water partition coefficient (Wildman–Crippen LogP) is 2.12. The van der Waals surface area contributed by atoms with Crippen molar-refractivity contribution in [3.05, 3.63) is 18.2 Å². The van der Waals surface area contributed by atoms with Crippen LogP contribution in [0.4, 0.5) is 0 Å². The normalized spacial score (nSPS) is 23.5. The number of phenolic OH excluding ortho intramolecular Hbond substituents is 1. The van der Waals surface area contributed by atoms with Gasteiger partial charge in [-0.1, -0.05) is 19.9 Å². The second-order valence-electron chi connectivity index (χ2n) is 3.77. The van der Waals surface area contributed by atoms with Crippen LogP contribution in [-0.4, -0.2) is 18.2 Å². The van der Waals surface area contributed by atoms with Gasteiger partial charge in [0, 0.05) is 7.11 Å². The first kappa shape index (κ1) is 10.1. The fourth-order valence-corrected chi connectivity index (χ4v) is 1.56. The molecular formula is C11H14O4. The Morgan fingerprint density at radius 3 is 2.60 bits per heavy atom. The van der Waals surface area contributed by atoms with E-state index in [1.807, 2.05) is 13.8 Å². The molecule has 1 aromatic rings. The highest BCUT2D eigenvalue weighted by atomic mass is 16.9. The third kappa shape index (κ3) is 1.41. The van der Waals surface area contributed by atoms with Gasteiger partial charge in [0.25, 0.3) is 0 Å². The van der Waals surface area contributed by atoms with Crippen LogP contribution in [0.5, 0.6) is 17.2 Å². The van der Waals surface area contributed by atoms with Crippen molar-refractivity contribution in [1.82, 2.24) is 0 Å². The van der Waals surface area contributed by atoms with Gasteiger partial charge in [-0.2, -0.15) is 0 Å². The van der Waals surface area contributed by atoms with Gasteiger partial charge in [-0.25, -0.2) is 0 Å². The van der Waals surface area contributed by atoms with E-state index in [0.29, 0.717) is 11.5 Å². The van der Waals surface area contributed by atoms with Crippen molar-refractivity contribution in [3.63, 3.8) is 0 Å². The summed E-state index contributed by atoms with van der Waals surface area (Å²) in [6.45, 7) is 3.85. The van der Waals surface area contributed by atoms with E-state index in [1.165, 1.54) is 7.11 Å². The van der Waals surface area contributed by atoms with E-state index in [2.05, 4.69) is 0 Å². The summed E-state index contributed by atoms with van der Waals surface area (Å²) in [5, 5.41) is 9.58. The lowest BCUT2D eigenvalue weighted by molar-refractivity contribution is -0.294. The first-order valence-electron chi connectivity index (χ1n) is 4.84. The van der Waals surface area contributed by atoms with Crippen molar-refractivity contribution >= 4 is 0 Å². The lowest BCUT2D eigenvalue weighted by Crippen LogP contribution is -2.45. The zero-order chi connectivity index (χ0) is 11.1. The molecule has 1 aromatic carbocycles. The molecule has 0 fully saturated rings. The van der Waals surface area contributed by atoms with Crippen LogP contribution < -0.4 is 9.47 Å². The van der Waals surface area contributed by atoms with E-state index >= 15 is 0 Å². The van der Waals surface area contributed by atoms with Crippen molar-refractivity contribution in [2.45, 2.75) is 19.8 Å². The van der Waals surface area contributed by atoms with Crippen LogP contribution in [0.25, 0.3) is 0 Å². The van der Waals surface area contributed by atoms with E-state index < -0.39 is 5.97 Å². The third-order valence-electron chi connectivity index (χ3n) is 2.45. The zero-order valence-corrected chi connectivity index (χ0v) is 8.98. The van der Waals surface area contributed by atoms with Crippen LogP contribution in [0, 0.1) is 5.92 Å². The van der Waals surface area contributed by atoms with Crippen LogP contribution in [0.1, 0.15) is 13.8 Å². The standard InChI is InChI=1S/C11H14O4/c1-7(2)11(13-3)14-9-6-4-5-8(12)10(9)15-11/h4-7,12H,1-3H3. The summed E-state index contributed by atoms with van der Waals surface area (Å²) in [5.41, 5.74) is 0. The second-order valence-corrected chi connectivity index (χ2v) is 3.77. The van der Waals surface area contributed by atoms with Crippen molar-refractivity contribution in [2.75, 3.05) is 7.11 Å². The van der Waals surface area contributed by atoms with Crippen molar-refractivity contribution < 1.29 is 19.3 Å². The van der Waals surface area contributed by atoms with Gasteiger partial charge in [-0.3, -0.25) is 0 Å². The van der Waals surface area contributed by atoms with Gasteiger partial charge in [-0.05, 0) is 12.1 Å². The highest BCUT2D eigenvalue weighted by Crippen LogP contribution is 2.47. The number of fused-ring (bicyclic) bond motifs is 1. The molecule has 1 aliphatic heterocycles. The summed E-state index contributed by atoms with van der Waals surface area (Å²) in [6.07, 6.45) is 0. The molecule has 0 saturated carbocycles. The van der Waals surface area contributed by atoms with Crippen LogP contribution in [-0.2, 0) is 4.74 Å². The molecule has 15 heavy (non-hydrogen) atoms. The van der Waals surface area contributed by atoms with Crippen LogP contribution in [0.2, 0.25) is 0 Å². The molecule has 0 aliphatic carbocycles. The minimum Gasteiger partial charge on any atom is -0.504 e. The van der Waals surface area contributed by atoms with Gasteiger partial charge in [-0.15, -0.1) is 0 Å². The van der Waals surface area contributed by atoms with E-state index in [1.54, 1.807) is 18.2 Å². The average molecular weight is 210 g/mol. The number of benzene rings is 1. The number of hydrogen-bond donors (Lipinski definition) is 1. The monoisotopic (exact) mass is 210 g/mol. The Bertz CT molecular complexity index is 375. The Hall–Kier alpha value is -1.42. The van der Waals surface area contributed by atoms with Gasteiger partial charge in [0.15, 0.2) is 11.5 Å². The van der Waals surface area contributed by atoms with Crippen molar-refractivity contribution in [3.8, 4) is 17.2 Å². The summed E-state index contributed by atoms with van der Waals surface area (Å²) in [7, 11) is 1.52. The maximum atomic E-state index is 9.58. The average Bonchev–Trinajstić information content (AvgIpc) is 2.59. The van der Waals surface area contributed by atoms with E-state index in [9.17, 15) is 5.11 Å². The summed E-state index contributed by atoms with van der Waals surface area (Å²) in [6, 6.07) is 4.98. The Kier molecular flexibility index (Phi) is 2.23. The molecule has 4 nitrogen and oxygen atoms in total. The maximum Gasteiger partial charge on any atom is 0.374 e. The van der Waals surface area contributed by atoms with Gasteiger partial charge in [0.1, 0.15) is 0 Å². The highest BCUT2D eigenvalue weighted by Gasteiger charge is 2.46. The molecule has 1 atom stereocenters. The fraction of sp³-hybridized carbons (Fsp3) is 0.455. The molecule has 82 valence electrons. The first-order chi connectivity index (χ1) is 7.09. The Balaban J connectivity index is 2.39. The minimum atomic E-state index is -1.12. The number of rotatable bonds is 2. The summed E-state index contributed by atoms with van der Waals surface area (Å²) >= 11 is 0. The SMILES string of the molecule is COC1(C(C)C)Oc2cccc(O)c2O1. The maximum absolute atomic E-state index is 9.58. The molecule has 0 amide bonds. The van der Waals surface area contributed by atoms with E-state index in [-0.39, 0.29) is 11.7 Å². The topological polar surface area (TPSA) is 47.9 Å². The van der Waals surface area contributed by atoms with Crippen molar-refractivity contribution in [1.29, 1.82) is 0 Å². The summed E-state index contributed by atoms with van der Waals surface area (Å²) in [4.78, 5) is 0. The molecule has 1 aliphatic rings. The molecule has 0 aromatic heterocycles. The summed E-state index contributed by atoms with van der Waals surface area (Å²) in [5.74, 6) is -0.207. The van der Waals surface area contributed by atoms with Gasteiger partial charge in [0.05, 0.1) is 5.92 Å². The Morgan fingerprint density at radius 1 is 1.33 bits per heavy atom. The largest absolute Gasteiger partial charge is 0.504 e. The highest BCUT2D eigenvalue weighted by molar-refractivity contribution is 5.52. The molecule has 0 spiro atoms. The second kappa shape index (κ2) is 3.31. The van der Waals surface area contributed by atoms with E-state index in [4.69, 9.17) is 14.2 Å². The minimum absolute atomic E-state index is 0.00861. The van der Waals surface area contributed by atoms with Gasteiger partial charge >= 0.3 is 5.97 Å².